The van der Waals surface area contributed by atoms with E-state index in [9.17, 15) is 0 Å². The van der Waals surface area contributed by atoms with Crippen molar-refractivity contribution in [1.29, 1.82) is 0 Å². The zero-order valence-electron chi connectivity index (χ0n) is 3.43. The predicted octanol–water partition coefficient (Wildman–Crippen LogP) is 1.23. The first-order valence-corrected chi connectivity index (χ1v) is 1.15. The van der Waals surface area contributed by atoms with Gasteiger partial charge < -0.3 is 6.42 Å². The summed E-state index contributed by atoms with van der Waals surface area (Å²) < 4.78 is 0. The van der Waals surface area contributed by atoms with Crippen molar-refractivity contribution in [2.24, 2.45) is 0 Å². The fourth-order valence-corrected chi connectivity index (χ4v) is 0. The van der Waals surface area contributed by atoms with Crippen LogP contribution in [0.15, 0.2) is 0 Å². The van der Waals surface area contributed by atoms with Gasteiger partial charge in [0.05, 0.1) is 0 Å². The van der Waals surface area contributed by atoms with Crippen molar-refractivity contribution in [3.63, 3.8) is 0 Å². The topological polar surface area (TPSA) is 0 Å². The van der Waals surface area contributed by atoms with Gasteiger partial charge in [-0.15, -0.1) is 0 Å². The minimum Gasteiger partial charge on any atom is -0.335 e. The van der Waals surface area contributed by atoms with Gasteiger partial charge >= 0.3 is 0 Å². The van der Waals surface area contributed by atoms with Gasteiger partial charge in [-0.3, -0.25) is 0 Å². The quantitative estimate of drug-likeness (QED) is 0.584. The number of rotatable bonds is 0. The molecule has 0 aromatic carbocycles. The summed E-state index contributed by atoms with van der Waals surface area (Å²) >= 11 is 0. The van der Waals surface area contributed by atoms with E-state index in [-0.39, 0.29) is 39.6 Å². The maximum Gasteiger partial charge on any atom is 0 e. The first-order valence-electron chi connectivity index (χ1n) is 1.15. The standard InChI is InChI=1S/C3H7.V.W/c1-3-2;;/h3H,1-2H3;;/q-1;;. The molecular weight excluding hydrogens is 271 g/mol. The Morgan fingerprint density at radius 2 is 1.20 bits per heavy atom. The van der Waals surface area contributed by atoms with Crippen LogP contribution >= 0.6 is 0 Å². The zero-order valence-corrected chi connectivity index (χ0v) is 7.76. The van der Waals surface area contributed by atoms with Gasteiger partial charge in [-0.2, -0.15) is 13.8 Å². The van der Waals surface area contributed by atoms with Crippen LogP contribution in [0.2, 0.25) is 0 Å². The molecule has 31 valence electrons. The molecule has 0 aliphatic carbocycles. The van der Waals surface area contributed by atoms with Gasteiger partial charge in [-0.05, 0) is 0 Å². The van der Waals surface area contributed by atoms with Gasteiger partial charge in [0, 0.05) is 39.6 Å². The molecule has 0 amide bonds. The average molecular weight is 278 g/mol. The molecule has 0 aromatic heterocycles. The van der Waals surface area contributed by atoms with Gasteiger partial charge in [-0.1, -0.05) is 0 Å². The van der Waals surface area contributed by atoms with E-state index in [0.717, 1.165) is 0 Å². The van der Waals surface area contributed by atoms with Crippen LogP contribution in [0.3, 0.4) is 0 Å². The van der Waals surface area contributed by atoms with Crippen LogP contribution in [0.25, 0.3) is 0 Å². The van der Waals surface area contributed by atoms with Crippen LogP contribution in [0.4, 0.5) is 0 Å². The Morgan fingerprint density at radius 3 is 1.20 bits per heavy atom. The van der Waals surface area contributed by atoms with Crippen molar-refractivity contribution in [2.75, 3.05) is 0 Å². The molecule has 0 aromatic rings. The molecule has 0 saturated carbocycles. The second-order valence-corrected chi connectivity index (χ2v) is 0.577. The smallest absolute Gasteiger partial charge is 0 e. The summed E-state index contributed by atoms with van der Waals surface area (Å²) in [5.74, 6) is 0. The van der Waals surface area contributed by atoms with E-state index >= 15 is 0 Å². The normalized spacial score (nSPS) is 3.60. The van der Waals surface area contributed by atoms with Crippen LogP contribution in [-0.4, -0.2) is 0 Å². The van der Waals surface area contributed by atoms with Crippen molar-refractivity contribution in [3.8, 4) is 0 Å². The SMILES string of the molecule is C[CH-]C.[V].[W]. The van der Waals surface area contributed by atoms with E-state index in [4.69, 9.17) is 0 Å². The summed E-state index contributed by atoms with van der Waals surface area (Å²) in [6, 6.07) is 0. The second kappa shape index (κ2) is 18.6. The Labute approximate surface area is 59.9 Å². The average Bonchev–Trinajstić information content (AvgIpc) is 0.918. The first kappa shape index (κ1) is 16.3. The van der Waals surface area contributed by atoms with Crippen molar-refractivity contribution < 1.29 is 39.6 Å². The molecule has 0 atom stereocenters. The first-order chi connectivity index (χ1) is 1.41. The van der Waals surface area contributed by atoms with Crippen LogP contribution in [0.1, 0.15) is 13.8 Å². The van der Waals surface area contributed by atoms with Crippen LogP contribution in [0, 0.1) is 6.42 Å². The third kappa shape index (κ3) is 34.9. The van der Waals surface area contributed by atoms with Crippen molar-refractivity contribution in [3.05, 3.63) is 6.42 Å². The fourth-order valence-electron chi connectivity index (χ4n) is 0. The minimum atomic E-state index is 0. The van der Waals surface area contributed by atoms with Crippen molar-refractivity contribution in [1.82, 2.24) is 0 Å². The van der Waals surface area contributed by atoms with E-state index in [1.807, 2.05) is 20.3 Å². The van der Waals surface area contributed by atoms with E-state index in [1.165, 1.54) is 0 Å². The van der Waals surface area contributed by atoms with Crippen molar-refractivity contribution >= 4 is 0 Å². The van der Waals surface area contributed by atoms with Gasteiger partial charge in [0.1, 0.15) is 0 Å². The third-order valence-electron chi connectivity index (χ3n) is 0. The maximum atomic E-state index is 2.00. The molecule has 0 rings (SSSR count). The Bertz CT molecular complexity index is 6.85. The molecule has 0 aliphatic heterocycles. The molecule has 0 spiro atoms. The Balaban J connectivity index is -0.0000000200. The number of hydrogen-bond donors (Lipinski definition) is 0. The minimum absolute atomic E-state index is 0. The van der Waals surface area contributed by atoms with E-state index in [1.54, 1.807) is 0 Å². The molecule has 0 N–H and O–H groups in total. The number of hydrogen-bond acceptors (Lipinski definition) is 0. The van der Waals surface area contributed by atoms with E-state index in [0.29, 0.717) is 0 Å². The summed E-state index contributed by atoms with van der Waals surface area (Å²) in [5.41, 5.74) is 0. The molecule has 5 heavy (non-hydrogen) atoms. The molecule has 0 nitrogen and oxygen atoms in total. The Morgan fingerprint density at radius 1 is 1.20 bits per heavy atom. The molecule has 0 unspecified atom stereocenters. The van der Waals surface area contributed by atoms with Gasteiger partial charge in [-0.25, -0.2) is 0 Å². The second-order valence-electron chi connectivity index (χ2n) is 0.577. The molecule has 0 bridgehead atoms. The molecule has 0 heterocycles. The largest absolute Gasteiger partial charge is 0.335 e. The zero-order chi connectivity index (χ0) is 2.71. The van der Waals surface area contributed by atoms with E-state index < -0.39 is 0 Å². The van der Waals surface area contributed by atoms with Gasteiger partial charge in [0.2, 0.25) is 0 Å². The van der Waals surface area contributed by atoms with Crippen LogP contribution < -0.4 is 0 Å². The Kier molecular flexibility index (Phi) is 60.7. The third-order valence-corrected chi connectivity index (χ3v) is 0. The van der Waals surface area contributed by atoms with Gasteiger partial charge in [0.25, 0.3) is 0 Å². The molecule has 0 aliphatic rings. The summed E-state index contributed by atoms with van der Waals surface area (Å²) in [6.07, 6.45) is 2.00. The molecule has 1 radical (unpaired) electrons. The molecular formula is C3H7VW-. The fraction of sp³-hybridized carbons (Fsp3) is 0.667. The Hall–Kier alpha value is 1.27. The van der Waals surface area contributed by atoms with Gasteiger partial charge in [0.15, 0.2) is 0 Å². The van der Waals surface area contributed by atoms with Crippen molar-refractivity contribution in [2.45, 2.75) is 13.8 Å². The van der Waals surface area contributed by atoms with Crippen LogP contribution in [0.5, 0.6) is 0 Å². The summed E-state index contributed by atoms with van der Waals surface area (Å²) in [5, 5.41) is 0. The monoisotopic (exact) mass is 278 g/mol. The molecule has 2 heteroatoms. The summed E-state index contributed by atoms with van der Waals surface area (Å²) in [6.45, 7) is 4.00. The molecule has 0 saturated heterocycles. The van der Waals surface area contributed by atoms with Crippen LogP contribution in [-0.2, 0) is 39.6 Å². The summed E-state index contributed by atoms with van der Waals surface area (Å²) in [4.78, 5) is 0. The predicted molar refractivity (Wildman–Crippen MR) is 15.6 cm³/mol. The molecule has 0 fully saturated rings. The maximum absolute atomic E-state index is 2.00. The van der Waals surface area contributed by atoms with E-state index in [2.05, 4.69) is 0 Å². The summed E-state index contributed by atoms with van der Waals surface area (Å²) in [7, 11) is 0.